The molecule has 0 aromatic rings. The predicted octanol–water partition coefficient (Wildman–Crippen LogP) is 2.93. The smallest absolute Gasteiger partial charge is 0.309 e. The Labute approximate surface area is 115 Å². The van der Waals surface area contributed by atoms with Crippen molar-refractivity contribution in [2.75, 3.05) is 0 Å². The summed E-state index contributed by atoms with van der Waals surface area (Å²) in [6, 6.07) is 0. The number of carboxylic acids is 1. The molecule has 1 saturated heterocycles. The van der Waals surface area contributed by atoms with Crippen LogP contribution in [0.5, 0.6) is 0 Å². The van der Waals surface area contributed by atoms with E-state index in [1.54, 1.807) is 0 Å². The zero-order valence-corrected chi connectivity index (χ0v) is 12.4. The maximum Gasteiger partial charge on any atom is 0.309 e. The summed E-state index contributed by atoms with van der Waals surface area (Å²) in [5.41, 5.74) is -1.20. The van der Waals surface area contributed by atoms with E-state index in [9.17, 15) is 15.1 Å². The number of carboxylic acid groups (broad SMARTS) is 1. The molecule has 2 rings (SSSR count). The van der Waals surface area contributed by atoms with E-state index in [-0.39, 0.29) is 29.4 Å². The van der Waals surface area contributed by atoms with Crippen LogP contribution in [0.1, 0.15) is 53.4 Å². The number of nitrogens with zero attached hydrogens (tertiary/aromatic N) is 1. The van der Waals surface area contributed by atoms with Crippen LogP contribution in [0.2, 0.25) is 0 Å². The molecule has 0 aromatic heterocycles. The maximum absolute atomic E-state index is 11.4. The summed E-state index contributed by atoms with van der Waals surface area (Å²) >= 11 is 0. The van der Waals surface area contributed by atoms with Gasteiger partial charge in [0.25, 0.3) is 0 Å². The number of hydrogen-bond acceptors (Lipinski definition) is 3. The topological polar surface area (TPSA) is 60.8 Å². The Hall–Kier alpha value is -0.320. The molecule has 106 valence electrons. The summed E-state index contributed by atoms with van der Waals surface area (Å²) in [6.45, 7) is 7.94. The van der Waals surface area contributed by atoms with Crippen LogP contribution in [0.25, 0.3) is 0 Å². The highest BCUT2D eigenvalue weighted by Gasteiger charge is 2.60. The largest absolute Gasteiger partial charge is 0.481 e. The van der Waals surface area contributed by atoms with Crippen LogP contribution in [0.4, 0.5) is 0 Å². The van der Waals surface area contributed by atoms with Gasteiger partial charge in [-0.2, -0.15) is 5.06 Å². The fourth-order valence-corrected chi connectivity index (χ4v) is 3.59. The first-order valence-electron chi connectivity index (χ1n) is 6.34. The molecule has 0 aromatic carbocycles. The van der Waals surface area contributed by atoms with Crippen LogP contribution in [-0.2, 0) is 4.79 Å². The SMILES string of the molecule is CC1(C)CC(C2(C(=O)O)CC2)CC(C)(C)N1O.Cl. The van der Waals surface area contributed by atoms with Crippen molar-refractivity contribution < 1.29 is 15.1 Å². The average molecular weight is 278 g/mol. The zero-order chi connectivity index (χ0) is 13.1. The van der Waals surface area contributed by atoms with E-state index in [1.807, 2.05) is 27.7 Å². The summed E-state index contributed by atoms with van der Waals surface area (Å²) in [5, 5.41) is 21.0. The van der Waals surface area contributed by atoms with Crippen LogP contribution in [0, 0.1) is 11.3 Å². The Kier molecular flexibility index (Phi) is 3.81. The molecule has 0 unspecified atom stereocenters. The highest BCUT2D eigenvalue weighted by molar-refractivity contribution is 5.85. The molecule has 1 aliphatic carbocycles. The third-order valence-corrected chi connectivity index (χ3v) is 4.63. The molecule has 4 nitrogen and oxygen atoms in total. The normalized spacial score (nSPS) is 29.4. The van der Waals surface area contributed by atoms with Gasteiger partial charge in [0.15, 0.2) is 0 Å². The summed E-state index contributed by atoms with van der Waals surface area (Å²) in [7, 11) is 0. The van der Waals surface area contributed by atoms with Crippen molar-refractivity contribution in [3.63, 3.8) is 0 Å². The molecule has 0 amide bonds. The Morgan fingerprint density at radius 3 is 1.78 bits per heavy atom. The minimum absolute atomic E-state index is 0. The molecule has 0 bridgehead atoms. The lowest BCUT2D eigenvalue weighted by atomic mass is 9.69. The molecule has 0 spiro atoms. The standard InChI is InChI=1S/C13H23NO3.ClH/c1-11(2)7-9(8-12(3,4)14(11)17)13(5-6-13)10(15)16;/h9,17H,5-8H2,1-4H3,(H,15,16);1H. The lowest BCUT2D eigenvalue weighted by Crippen LogP contribution is -2.60. The highest BCUT2D eigenvalue weighted by atomic mass is 35.5. The second-order valence-electron chi connectivity index (χ2n) is 7.00. The van der Waals surface area contributed by atoms with Crippen molar-refractivity contribution in [2.45, 2.75) is 64.5 Å². The van der Waals surface area contributed by atoms with Gasteiger partial charge in [0.2, 0.25) is 0 Å². The van der Waals surface area contributed by atoms with Gasteiger partial charge >= 0.3 is 5.97 Å². The monoisotopic (exact) mass is 277 g/mol. The molecule has 1 saturated carbocycles. The number of hydrogen-bond donors (Lipinski definition) is 2. The number of piperidine rings is 1. The molecule has 1 aliphatic heterocycles. The number of halogens is 1. The summed E-state index contributed by atoms with van der Waals surface area (Å²) < 4.78 is 0. The Bertz CT molecular complexity index is 332. The van der Waals surface area contributed by atoms with Gasteiger partial charge in [0, 0.05) is 11.1 Å². The van der Waals surface area contributed by atoms with Crippen LogP contribution in [0.15, 0.2) is 0 Å². The van der Waals surface area contributed by atoms with E-state index >= 15 is 0 Å². The second-order valence-corrected chi connectivity index (χ2v) is 7.00. The lowest BCUT2D eigenvalue weighted by Gasteiger charge is -2.52. The molecular weight excluding hydrogens is 254 g/mol. The van der Waals surface area contributed by atoms with Gasteiger partial charge < -0.3 is 10.3 Å². The van der Waals surface area contributed by atoms with Crippen LogP contribution >= 0.6 is 12.4 Å². The van der Waals surface area contributed by atoms with Gasteiger partial charge in [0.05, 0.1) is 5.41 Å². The van der Waals surface area contributed by atoms with E-state index < -0.39 is 11.4 Å². The highest BCUT2D eigenvalue weighted by Crippen LogP contribution is 2.59. The Balaban J connectivity index is 0.00000162. The van der Waals surface area contributed by atoms with Gasteiger partial charge in [-0.25, -0.2) is 0 Å². The zero-order valence-electron chi connectivity index (χ0n) is 11.6. The molecule has 0 atom stereocenters. The molecule has 2 fully saturated rings. The molecule has 2 aliphatic rings. The number of rotatable bonds is 2. The quantitative estimate of drug-likeness (QED) is 0.815. The van der Waals surface area contributed by atoms with Crippen molar-refractivity contribution in [1.82, 2.24) is 5.06 Å². The molecule has 0 radical (unpaired) electrons. The minimum Gasteiger partial charge on any atom is -0.481 e. The third-order valence-electron chi connectivity index (χ3n) is 4.63. The fourth-order valence-electron chi connectivity index (χ4n) is 3.59. The Morgan fingerprint density at radius 1 is 1.11 bits per heavy atom. The maximum atomic E-state index is 11.4. The average Bonchev–Trinajstić information content (AvgIpc) is 2.93. The predicted molar refractivity (Wildman–Crippen MR) is 71.1 cm³/mol. The van der Waals surface area contributed by atoms with Crippen molar-refractivity contribution in [1.29, 1.82) is 0 Å². The first-order chi connectivity index (χ1) is 7.62. The van der Waals surface area contributed by atoms with Gasteiger partial charge in [-0.15, -0.1) is 12.4 Å². The number of carbonyl (C=O) groups is 1. The summed E-state index contributed by atoms with van der Waals surface area (Å²) in [4.78, 5) is 11.4. The van der Waals surface area contributed by atoms with Gasteiger partial charge in [-0.05, 0) is 59.3 Å². The van der Waals surface area contributed by atoms with Gasteiger partial charge in [-0.3, -0.25) is 4.79 Å². The first-order valence-corrected chi connectivity index (χ1v) is 6.34. The minimum atomic E-state index is -0.652. The molecule has 5 heteroatoms. The number of aliphatic carboxylic acids is 1. The van der Waals surface area contributed by atoms with Gasteiger partial charge in [0.1, 0.15) is 0 Å². The second kappa shape index (κ2) is 4.36. The van der Waals surface area contributed by atoms with E-state index in [0.717, 1.165) is 25.7 Å². The van der Waals surface area contributed by atoms with Crippen LogP contribution < -0.4 is 0 Å². The van der Waals surface area contributed by atoms with E-state index in [4.69, 9.17) is 0 Å². The van der Waals surface area contributed by atoms with E-state index in [1.165, 1.54) is 5.06 Å². The summed E-state index contributed by atoms with van der Waals surface area (Å²) in [5.74, 6) is -0.478. The van der Waals surface area contributed by atoms with Crippen molar-refractivity contribution in [2.24, 2.45) is 11.3 Å². The van der Waals surface area contributed by atoms with E-state index in [2.05, 4.69) is 0 Å². The first kappa shape index (κ1) is 15.7. The molecule has 1 heterocycles. The van der Waals surface area contributed by atoms with Crippen LogP contribution in [0.3, 0.4) is 0 Å². The van der Waals surface area contributed by atoms with Crippen molar-refractivity contribution in [3.8, 4) is 0 Å². The number of hydroxylamine groups is 2. The Morgan fingerprint density at radius 2 is 1.50 bits per heavy atom. The van der Waals surface area contributed by atoms with Crippen molar-refractivity contribution in [3.05, 3.63) is 0 Å². The molecule has 2 N–H and O–H groups in total. The van der Waals surface area contributed by atoms with Gasteiger partial charge in [-0.1, -0.05) is 0 Å². The summed E-state index contributed by atoms with van der Waals surface area (Å²) in [6.07, 6.45) is 3.09. The van der Waals surface area contributed by atoms with E-state index in [0.29, 0.717) is 0 Å². The lowest BCUT2D eigenvalue weighted by molar-refractivity contribution is -0.255. The molecule has 18 heavy (non-hydrogen) atoms. The molecular formula is C13H24ClNO3. The fraction of sp³-hybridized carbons (Fsp3) is 0.923. The van der Waals surface area contributed by atoms with Crippen LogP contribution in [-0.4, -0.2) is 32.4 Å². The van der Waals surface area contributed by atoms with Crippen molar-refractivity contribution >= 4 is 18.4 Å². The third kappa shape index (κ3) is 2.26.